The first-order chi connectivity index (χ1) is 7.79. The summed E-state index contributed by atoms with van der Waals surface area (Å²) in [7, 11) is 0. The maximum absolute atomic E-state index is 10.9. The Balaban J connectivity index is 2.07. The molecule has 0 atom stereocenters. The molecule has 0 radical (unpaired) electrons. The van der Waals surface area contributed by atoms with Crippen LogP contribution in [0.2, 0.25) is 0 Å². The lowest BCUT2D eigenvalue weighted by molar-refractivity contribution is -0.107. The third kappa shape index (κ3) is 2.38. The molecule has 0 aliphatic carbocycles. The molecule has 1 aromatic heterocycles. The summed E-state index contributed by atoms with van der Waals surface area (Å²) in [5.74, 6) is -0.439. The highest BCUT2D eigenvalue weighted by Gasteiger charge is 2.01. The maximum atomic E-state index is 10.9. The summed E-state index contributed by atoms with van der Waals surface area (Å²) < 4.78 is 4.95. The predicted molar refractivity (Wildman–Crippen MR) is 59.5 cm³/mol. The zero-order valence-corrected chi connectivity index (χ0v) is 8.66. The van der Waals surface area contributed by atoms with Crippen LogP contribution in [0.4, 0.5) is 0 Å². The number of oxazole rings is 1. The minimum Gasteiger partial charge on any atom is -0.408 e. The zero-order chi connectivity index (χ0) is 11.4. The molecule has 1 heterocycles. The fraction of sp³-hybridized carbons (Fsp3) is 0.273. The van der Waals surface area contributed by atoms with Crippen LogP contribution in [0.1, 0.15) is 5.56 Å². The SMILES string of the molecule is O=CCNCCc1ccc2[nH]c(=O)oc2c1. The quantitative estimate of drug-likeness (QED) is 0.566. The van der Waals surface area contributed by atoms with Gasteiger partial charge in [0.1, 0.15) is 6.29 Å². The first-order valence-corrected chi connectivity index (χ1v) is 5.06. The van der Waals surface area contributed by atoms with E-state index in [0.29, 0.717) is 17.6 Å². The molecule has 16 heavy (non-hydrogen) atoms. The molecule has 2 rings (SSSR count). The molecule has 1 aromatic carbocycles. The first-order valence-electron chi connectivity index (χ1n) is 5.06. The van der Waals surface area contributed by atoms with Gasteiger partial charge in [-0.15, -0.1) is 0 Å². The van der Waals surface area contributed by atoms with Crippen molar-refractivity contribution in [3.8, 4) is 0 Å². The molecule has 2 aromatic rings. The molecule has 84 valence electrons. The standard InChI is InChI=1S/C11H12N2O3/c14-6-5-12-4-3-8-1-2-9-10(7-8)16-11(15)13-9/h1-2,6-7,12H,3-5H2,(H,13,15). The predicted octanol–water partition coefficient (Wildman–Crippen LogP) is 0.452. The molecule has 0 saturated carbocycles. The molecule has 0 aliphatic heterocycles. The third-order valence-electron chi connectivity index (χ3n) is 2.30. The highest BCUT2D eigenvalue weighted by Crippen LogP contribution is 2.12. The molecule has 2 N–H and O–H groups in total. The van der Waals surface area contributed by atoms with Gasteiger partial charge in [0.2, 0.25) is 0 Å². The van der Waals surface area contributed by atoms with Gasteiger partial charge < -0.3 is 14.5 Å². The normalized spacial score (nSPS) is 10.8. The Labute approximate surface area is 91.5 Å². The van der Waals surface area contributed by atoms with Gasteiger partial charge in [-0.1, -0.05) is 6.07 Å². The zero-order valence-electron chi connectivity index (χ0n) is 8.66. The van der Waals surface area contributed by atoms with E-state index in [4.69, 9.17) is 4.42 Å². The van der Waals surface area contributed by atoms with E-state index in [9.17, 15) is 9.59 Å². The number of rotatable bonds is 5. The van der Waals surface area contributed by atoms with E-state index in [1.807, 2.05) is 18.2 Å². The van der Waals surface area contributed by atoms with Crippen LogP contribution < -0.4 is 11.1 Å². The Bertz CT molecular complexity index is 541. The smallest absolute Gasteiger partial charge is 0.408 e. The van der Waals surface area contributed by atoms with E-state index < -0.39 is 5.76 Å². The van der Waals surface area contributed by atoms with Crippen LogP contribution in [0.5, 0.6) is 0 Å². The number of aromatic nitrogens is 1. The number of H-pyrrole nitrogens is 1. The van der Waals surface area contributed by atoms with Crippen molar-refractivity contribution < 1.29 is 9.21 Å². The maximum Gasteiger partial charge on any atom is 0.417 e. The fourth-order valence-electron chi connectivity index (χ4n) is 1.54. The highest BCUT2D eigenvalue weighted by atomic mass is 16.4. The summed E-state index contributed by atoms with van der Waals surface area (Å²) in [4.78, 5) is 23.6. The second-order valence-electron chi connectivity index (χ2n) is 3.47. The van der Waals surface area contributed by atoms with Gasteiger partial charge in [0.15, 0.2) is 5.58 Å². The Morgan fingerprint density at radius 2 is 2.31 bits per heavy atom. The Hall–Kier alpha value is -1.88. The number of benzene rings is 1. The molecule has 5 heteroatoms. The van der Waals surface area contributed by atoms with Crippen molar-refractivity contribution in [2.24, 2.45) is 0 Å². The number of aldehydes is 1. The summed E-state index contributed by atoms with van der Waals surface area (Å²) in [5.41, 5.74) is 2.33. The molecule has 0 bridgehead atoms. The number of aromatic amines is 1. The lowest BCUT2D eigenvalue weighted by Crippen LogP contribution is -2.19. The van der Waals surface area contributed by atoms with Gasteiger partial charge in [-0.25, -0.2) is 4.79 Å². The fourth-order valence-corrected chi connectivity index (χ4v) is 1.54. The molecule has 0 aliphatic rings. The third-order valence-corrected chi connectivity index (χ3v) is 2.30. The van der Waals surface area contributed by atoms with Gasteiger partial charge in [0, 0.05) is 0 Å². The molecule has 0 fully saturated rings. The second-order valence-corrected chi connectivity index (χ2v) is 3.47. The second kappa shape index (κ2) is 4.76. The summed E-state index contributed by atoms with van der Waals surface area (Å²) in [6, 6.07) is 5.57. The van der Waals surface area contributed by atoms with E-state index in [0.717, 1.165) is 24.8 Å². The van der Waals surface area contributed by atoms with Crippen molar-refractivity contribution in [1.29, 1.82) is 0 Å². The molecule has 0 saturated heterocycles. The van der Waals surface area contributed by atoms with Gasteiger partial charge in [-0.05, 0) is 30.7 Å². The number of carbonyl (C=O) groups is 1. The van der Waals surface area contributed by atoms with Gasteiger partial charge in [-0.3, -0.25) is 4.98 Å². The van der Waals surface area contributed by atoms with Crippen molar-refractivity contribution in [2.75, 3.05) is 13.1 Å². The first kappa shape index (κ1) is 10.6. The summed E-state index contributed by atoms with van der Waals surface area (Å²) in [6.07, 6.45) is 1.62. The molecule has 0 unspecified atom stereocenters. The van der Waals surface area contributed by atoms with Gasteiger partial charge in [-0.2, -0.15) is 0 Å². The lowest BCUT2D eigenvalue weighted by Gasteiger charge is -2.00. The van der Waals surface area contributed by atoms with Gasteiger partial charge in [0.25, 0.3) is 0 Å². The van der Waals surface area contributed by atoms with Crippen LogP contribution in [0.25, 0.3) is 11.1 Å². The van der Waals surface area contributed by atoms with E-state index in [1.165, 1.54) is 0 Å². The topological polar surface area (TPSA) is 75.1 Å². The molecule has 0 amide bonds. The van der Waals surface area contributed by atoms with E-state index >= 15 is 0 Å². The Morgan fingerprint density at radius 3 is 3.12 bits per heavy atom. The molecular weight excluding hydrogens is 208 g/mol. The lowest BCUT2D eigenvalue weighted by atomic mass is 10.1. The van der Waals surface area contributed by atoms with Crippen molar-refractivity contribution in [1.82, 2.24) is 10.3 Å². The van der Waals surface area contributed by atoms with Crippen molar-refractivity contribution in [2.45, 2.75) is 6.42 Å². The minimum absolute atomic E-state index is 0.363. The molecule has 5 nitrogen and oxygen atoms in total. The number of fused-ring (bicyclic) bond motifs is 1. The average molecular weight is 220 g/mol. The van der Waals surface area contributed by atoms with E-state index in [1.54, 1.807) is 0 Å². The van der Waals surface area contributed by atoms with Crippen LogP contribution in [0.15, 0.2) is 27.4 Å². The summed E-state index contributed by atoms with van der Waals surface area (Å²) in [5, 5.41) is 2.97. The van der Waals surface area contributed by atoms with Crippen molar-refractivity contribution in [3.05, 3.63) is 34.3 Å². The molecular formula is C11H12N2O3. The summed E-state index contributed by atoms with van der Waals surface area (Å²) in [6.45, 7) is 1.08. The minimum atomic E-state index is -0.439. The Kier molecular flexibility index (Phi) is 3.16. The van der Waals surface area contributed by atoms with E-state index in [-0.39, 0.29) is 0 Å². The van der Waals surface area contributed by atoms with Gasteiger partial charge >= 0.3 is 5.76 Å². The molecule has 0 spiro atoms. The van der Waals surface area contributed by atoms with Crippen LogP contribution in [0.3, 0.4) is 0 Å². The number of nitrogens with one attached hydrogen (secondary N) is 2. The van der Waals surface area contributed by atoms with Crippen LogP contribution in [-0.4, -0.2) is 24.4 Å². The number of carbonyl (C=O) groups excluding carboxylic acids is 1. The van der Waals surface area contributed by atoms with Crippen molar-refractivity contribution in [3.63, 3.8) is 0 Å². The largest absolute Gasteiger partial charge is 0.417 e. The van der Waals surface area contributed by atoms with E-state index in [2.05, 4.69) is 10.3 Å². The monoisotopic (exact) mass is 220 g/mol. The summed E-state index contributed by atoms with van der Waals surface area (Å²) >= 11 is 0. The van der Waals surface area contributed by atoms with Crippen LogP contribution >= 0.6 is 0 Å². The van der Waals surface area contributed by atoms with Crippen LogP contribution in [0, 0.1) is 0 Å². The number of hydrogen-bond donors (Lipinski definition) is 2. The van der Waals surface area contributed by atoms with Gasteiger partial charge in [0.05, 0.1) is 12.1 Å². The highest BCUT2D eigenvalue weighted by molar-refractivity contribution is 5.72. The van der Waals surface area contributed by atoms with Crippen LogP contribution in [-0.2, 0) is 11.2 Å². The average Bonchev–Trinajstić information content (AvgIpc) is 2.64. The van der Waals surface area contributed by atoms with Crippen molar-refractivity contribution >= 4 is 17.4 Å². The Morgan fingerprint density at radius 1 is 1.44 bits per heavy atom. The number of hydrogen-bond acceptors (Lipinski definition) is 4.